The normalized spacial score (nSPS) is 11.0. The number of rotatable bonds is 17. The summed E-state index contributed by atoms with van der Waals surface area (Å²) in [6.45, 7) is 10.1. The van der Waals surface area contributed by atoms with Gasteiger partial charge in [0.2, 0.25) is 0 Å². The van der Waals surface area contributed by atoms with E-state index in [1.165, 1.54) is 81.8 Å². The first kappa shape index (κ1) is 23.1. The second-order valence-electron chi connectivity index (χ2n) is 7.42. The summed E-state index contributed by atoms with van der Waals surface area (Å²) in [4.78, 5) is 0. The lowest BCUT2D eigenvalue weighted by atomic mass is 10.0. The van der Waals surface area contributed by atoms with Gasteiger partial charge in [0.05, 0.1) is 0 Å². The first-order valence-corrected chi connectivity index (χ1v) is 12.5. The SMILES string of the molecule is C=CC[S+](CC=C)Cc1ccc(CCCCCCCCCCCC)cc1. The molecule has 0 spiro atoms. The van der Waals surface area contributed by atoms with Crippen LogP contribution in [-0.4, -0.2) is 11.5 Å². The molecule has 1 aromatic rings. The predicted octanol–water partition coefficient (Wildman–Crippen LogP) is 7.64. The maximum absolute atomic E-state index is 3.89. The van der Waals surface area contributed by atoms with Crippen LogP contribution in [0.1, 0.15) is 82.3 Å². The van der Waals surface area contributed by atoms with E-state index in [2.05, 4.69) is 44.3 Å². The van der Waals surface area contributed by atoms with Crippen molar-refractivity contribution >= 4 is 10.9 Å². The van der Waals surface area contributed by atoms with Gasteiger partial charge >= 0.3 is 0 Å². The van der Waals surface area contributed by atoms with Crippen LogP contribution in [0.4, 0.5) is 0 Å². The van der Waals surface area contributed by atoms with Crippen LogP contribution in [0, 0.1) is 0 Å². The van der Waals surface area contributed by atoms with Crippen molar-refractivity contribution in [1.29, 1.82) is 0 Å². The molecule has 1 heteroatoms. The second kappa shape index (κ2) is 16.2. The Morgan fingerprint density at radius 1 is 0.692 bits per heavy atom. The van der Waals surface area contributed by atoms with Gasteiger partial charge in [-0.3, -0.25) is 0 Å². The Labute approximate surface area is 166 Å². The molecule has 0 aromatic heterocycles. The fraction of sp³-hybridized carbons (Fsp3) is 0.600. The standard InChI is InChI=1S/C25H41S/c1-4-7-8-9-10-11-12-13-14-15-16-24-17-19-25(20-18-24)23-26(21-5-2)22-6-3/h5-6,17-20H,2-4,7-16,21-23H2,1H3/q+1. The van der Waals surface area contributed by atoms with Crippen LogP contribution in [0.3, 0.4) is 0 Å². The van der Waals surface area contributed by atoms with E-state index in [0.717, 1.165) is 17.3 Å². The predicted molar refractivity (Wildman–Crippen MR) is 123 cm³/mol. The molecule has 26 heavy (non-hydrogen) atoms. The average molecular weight is 374 g/mol. The van der Waals surface area contributed by atoms with Gasteiger partial charge in [0.1, 0.15) is 17.3 Å². The van der Waals surface area contributed by atoms with Crippen LogP contribution in [0.2, 0.25) is 0 Å². The molecule has 0 N–H and O–H groups in total. The molecular formula is C25H41S+. The highest BCUT2D eigenvalue weighted by Gasteiger charge is 2.14. The topological polar surface area (TPSA) is 0 Å². The summed E-state index contributed by atoms with van der Waals surface area (Å²) in [7, 11) is 0.368. The molecule has 0 radical (unpaired) electrons. The molecule has 0 heterocycles. The molecule has 0 saturated heterocycles. The highest BCUT2D eigenvalue weighted by atomic mass is 32.2. The van der Waals surface area contributed by atoms with Crippen molar-refractivity contribution in [2.75, 3.05) is 11.5 Å². The van der Waals surface area contributed by atoms with E-state index < -0.39 is 0 Å². The molecule has 0 fully saturated rings. The van der Waals surface area contributed by atoms with Crippen LogP contribution in [0.5, 0.6) is 0 Å². The Balaban J connectivity index is 2.13. The summed E-state index contributed by atoms with van der Waals surface area (Å²) >= 11 is 0. The molecule has 0 aliphatic carbocycles. The van der Waals surface area contributed by atoms with Gasteiger partial charge in [-0.15, -0.1) is 0 Å². The highest BCUT2D eigenvalue weighted by Crippen LogP contribution is 2.15. The fourth-order valence-corrected chi connectivity index (χ4v) is 5.08. The minimum Gasteiger partial charge on any atom is -0.0985 e. The van der Waals surface area contributed by atoms with Crippen molar-refractivity contribution in [1.82, 2.24) is 0 Å². The first-order chi connectivity index (χ1) is 12.8. The van der Waals surface area contributed by atoms with Gasteiger partial charge in [0, 0.05) is 5.56 Å². The van der Waals surface area contributed by atoms with Gasteiger partial charge < -0.3 is 0 Å². The van der Waals surface area contributed by atoms with Crippen molar-refractivity contribution in [3.63, 3.8) is 0 Å². The number of unbranched alkanes of at least 4 members (excludes halogenated alkanes) is 9. The third-order valence-corrected chi connectivity index (χ3v) is 7.08. The van der Waals surface area contributed by atoms with E-state index in [1.54, 1.807) is 0 Å². The molecule has 146 valence electrons. The Kier molecular flexibility index (Phi) is 14.4. The summed E-state index contributed by atoms with van der Waals surface area (Å²) in [5.74, 6) is 3.37. The Hall–Kier alpha value is -0.950. The summed E-state index contributed by atoms with van der Waals surface area (Å²) in [6.07, 6.45) is 19.4. The van der Waals surface area contributed by atoms with Crippen molar-refractivity contribution in [3.8, 4) is 0 Å². The molecule has 0 aliphatic heterocycles. The molecule has 1 aromatic carbocycles. The summed E-state index contributed by atoms with van der Waals surface area (Å²) < 4.78 is 0. The van der Waals surface area contributed by atoms with Crippen molar-refractivity contribution in [3.05, 3.63) is 60.7 Å². The zero-order chi connectivity index (χ0) is 18.9. The van der Waals surface area contributed by atoms with Crippen molar-refractivity contribution in [2.24, 2.45) is 0 Å². The van der Waals surface area contributed by atoms with Crippen LogP contribution in [-0.2, 0) is 23.1 Å². The van der Waals surface area contributed by atoms with Crippen LogP contribution >= 0.6 is 0 Å². The minimum atomic E-state index is 0.368. The number of hydrogen-bond donors (Lipinski definition) is 0. The molecule has 0 amide bonds. The van der Waals surface area contributed by atoms with E-state index in [9.17, 15) is 0 Å². The first-order valence-electron chi connectivity index (χ1n) is 10.7. The van der Waals surface area contributed by atoms with Crippen molar-refractivity contribution < 1.29 is 0 Å². The lowest BCUT2D eigenvalue weighted by Gasteiger charge is -2.07. The van der Waals surface area contributed by atoms with Gasteiger partial charge in [-0.1, -0.05) is 102 Å². The molecule has 0 atom stereocenters. The van der Waals surface area contributed by atoms with Gasteiger partial charge in [-0.25, -0.2) is 0 Å². The molecular weight excluding hydrogens is 332 g/mol. The van der Waals surface area contributed by atoms with E-state index >= 15 is 0 Å². The van der Waals surface area contributed by atoms with E-state index in [1.807, 2.05) is 12.2 Å². The Bertz CT molecular complexity index is 450. The molecule has 0 nitrogen and oxygen atoms in total. The number of hydrogen-bond acceptors (Lipinski definition) is 0. The maximum Gasteiger partial charge on any atom is 0.133 e. The van der Waals surface area contributed by atoms with Crippen molar-refractivity contribution in [2.45, 2.75) is 83.3 Å². The number of benzene rings is 1. The quantitative estimate of drug-likeness (QED) is 0.149. The van der Waals surface area contributed by atoms with Gasteiger partial charge in [0.25, 0.3) is 0 Å². The lowest BCUT2D eigenvalue weighted by molar-refractivity contribution is 0.556. The monoisotopic (exact) mass is 373 g/mol. The van der Waals surface area contributed by atoms with E-state index in [4.69, 9.17) is 0 Å². The van der Waals surface area contributed by atoms with Gasteiger partial charge in [-0.05, 0) is 41.5 Å². The minimum absolute atomic E-state index is 0.368. The zero-order valence-corrected chi connectivity index (χ0v) is 18.0. The largest absolute Gasteiger partial charge is 0.133 e. The molecule has 0 saturated carbocycles. The molecule has 0 aliphatic rings. The summed E-state index contributed by atoms with van der Waals surface area (Å²) in [5.41, 5.74) is 2.96. The smallest absolute Gasteiger partial charge is 0.0985 e. The van der Waals surface area contributed by atoms with Crippen LogP contribution in [0.15, 0.2) is 49.6 Å². The summed E-state index contributed by atoms with van der Waals surface area (Å²) in [6, 6.07) is 9.34. The Morgan fingerprint density at radius 3 is 1.65 bits per heavy atom. The number of aryl methyl sites for hydroxylation is 1. The average Bonchev–Trinajstić information content (AvgIpc) is 2.65. The van der Waals surface area contributed by atoms with E-state index in [0.29, 0.717) is 10.9 Å². The lowest BCUT2D eigenvalue weighted by Crippen LogP contribution is -2.12. The Morgan fingerprint density at radius 2 is 1.15 bits per heavy atom. The molecule has 1 rings (SSSR count). The van der Waals surface area contributed by atoms with Crippen LogP contribution < -0.4 is 0 Å². The third kappa shape index (κ3) is 11.6. The third-order valence-electron chi connectivity index (χ3n) is 4.92. The fourth-order valence-electron chi connectivity index (χ4n) is 3.37. The molecule has 0 bridgehead atoms. The maximum atomic E-state index is 3.89. The van der Waals surface area contributed by atoms with Crippen LogP contribution in [0.25, 0.3) is 0 Å². The molecule has 0 unspecified atom stereocenters. The van der Waals surface area contributed by atoms with Gasteiger partial charge in [0.15, 0.2) is 0 Å². The zero-order valence-electron chi connectivity index (χ0n) is 17.2. The summed E-state index contributed by atoms with van der Waals surface area (Å²) in [5, 5.41) is 0. The van der Waals surface area contributed by atoms with E-state index in [-0.39, 0.29) is 0 Å². The van der Waals surface area contributed by atoms with Gasteiger partial charge in [-0.2, -0.15) is 0 Å². The second-order valence-corrected chi connectivity index (χ2v) is 9.60. The highest BCUT2D eigenvalue weighted by molar-refractivity contribution is 7.96.